The van der Waals surface area contributed by atoms with Gasteiger partial charge in [-0.3, -0.25) is 4.57 Å². The molecule has 130 valence electrons. The van der Waals surface area contributed by atoms with Crippen LogP contribution in [0.25, 0.3) is 39.4 Å². The maximum Gasteiger partial charge on any atom is 0.199 e. The Bertz CT molecular complexity index is 1280. The molecule has 27 heavy (non-hydrogen) atoms. The van der Waals surface area contributed by atoms with Gasteiger partial charge in [0.1, 0.15) is 5.82 Å². The topological polar surface area (TPSA) is 43.6 Å². The Morgan fingerprint density at radius 2 is 1.22 bits per heavy atom. The van der Waals surface area contributed by atoms with Crippen molar-refractivity contribution in [3.05, 3.63) is 82.8 Å². The van der Waals surface area contributed by atoms with E-state index in [1.807, 2.05) is 77.4 Å². The normalized spacial score (nSPS) is 11.3. The third kappa shape index (κ3) is 2.83. The summed E-state index contributed by atoms with van der Waals surface area (Å²) in [5.74, 6) is 0.749. The van der Waals surface area contributed by atoms with Gasteiger partial charge in [-0.05, 0) is 60.7 Å². The molecule has 5 aromatic rings. The molecule has 0 fully saturated rings. The lowest BCUT2D eigenvalue weighted by Gasteiger charge is -2.09. The zero-order valence-corrected chi connectivity index (χ0v) is 15.5. The van der Waals surface area contributed by atoms with Gasteiger partial charge in [-0.25, -0.2) is 15.0 Å². The van der Waals surface area contributed by atoms with Crippen molar-refractivity contribution in [2.24, 2.45) is 0 Å². The molecule has 0 saturated heterocycles. The summed E-state index contributed by atoms with van der Waals surface area (Å²) in [5, 5.41) is 1.35. The predicted octanol–water partition coefficient (Wildman–Crippen LogP) is 5.94. The van der Waals surface area contributed by atoms with Crippen LogP contribution in [0.3, 0.4) is 0 Å². The van der Waals surface area contributed by atoms with Crippen LogP contribution in [0.5, 0.6) is 0 Å². The van der Waals surface area contributed by atoms with Crippen molar-refractivity contribution in [2.45, 2.75) is 0 Å². The van der Waals surface area contributed by atoms with Crippen molar-refractivity contribution in [2.75, 3.05) is 0 Å². The fraction of sp³-hybridized carbons (Fsp3) is 0. The summed E-state index contributed by atoms with van der Waals surface area (Å²) in [4.78, 5) is 14.3. The number of hydrogen-bond acceptors (Lipinski definition) is 3. The average molecular weight is 391 g/mol. The van der Waals surface area contributed by atoms with Crippen molar-refractivity contribution in [1.29, 1.82) is 0 Å². The van der Waals surface area contributed by atoms with Gasteiger partial charge in [0.15, 0.2) is 11.3 Å². The summed E-state index contributed by atoms with van der Waals surface area (Å²) >= 11 is 12.1. The SMILES string of the molecule is Clc1ccc(-c2nc3nc4ccccc4nc3n2-c2ccc(Cl)cc2)cc1. The van der Waals surface area contributed by atoms with Crippen LogP contribution in [0, 0.1) is 0 Å². The summed E-state index contributed by atoms with van der Waals surface area (Å²) < 4.78 is 1.99. The molecule has 2 heterocycles. The molecule has 0 atom stereocenters. The summed E-state index contributed by atoms with van der Waals surface area (Å²) in [6.45, 7) is 0. The van der Waals surface area contributed by atoms with E-state index in [0.717, 1.165) is 28.1 Å². The second-order valence-corrected chi connectivity index (χ2v) is 6.99. The van der Waals surface area contributed by atoms with Crippen LogP contribution >= 0.6 is 23.2 Å². The third-order valence-electron chi connectivity index (χ3n) is 4.36. The van der Waals surface area contributed by atoms with E-state index in [-0.39, 0.29) is 0 Å². The second kappa shape index (κ2) is 6.34. The quantitative estimate of drug-likeness (QED) is 0.374. The van der Waals surface area contributed by atoms with Gasteiger partial charge in [-0.2, -0.15) is 0 Å². The van der Waals surface area contributed by atoms with Crippen LogP contribution < -0.4 is 0 Å². The van der Waals surface area contributed by atoms with Gasteiger partial charge in [0.2, 0.25) is 0 Å². The van der Waals surface area contributed by atoms with Crippen molar-refractivity contribution in [3.63, 3.8) is 0 Å². The third-order valence-corrected chi connectivity index (χ3v) is 4.86. The number of nitrogens with zero attached hydrogens (tertiary/aromatic N) is 4. The van der Waals surface area contributed by atoms with Gasteiger partial charge in [-0.1, -0.05) is 35.3 Å². The number of aromatic nitrogens is 4. The lowest BCUT2D eigenvalue weighted by Crippen LogP contribution is -1.99. The van der Waals surface area contributed by atoms with Crippen LogP contribution in [0.4, 0.5) is 0 Å². The highest BCUT2D eigenvalue weighted by atomic mass is 35.5. The largest absolute Gasteiger partial charge is 0.275 e. The Morgan fingerprint density at radius 3 is 1.89 bits per heavy atom. The molecule has 6 heteroatoms. The van der Waals surface area contributed by atoms with Gasteiger partial charge in [0.25, 0.3) is 0 Å². The fourth-order valence-corrected chi connectivity index (χ4v) is 3.34. The molecule has 2 aromatic heterocycles. The summed E-state index contributed by atoms with van der Waals surface area (Å²) in [6, 6.07) is 22.9. The van der Waals surface area contributed by atoms with Crippen molar-refractivity contribution in [3.8, 4) is 17.1 Å². The van der Waals surface area contributed by atoms with Crippen LogP contribution in [0.15, 0.2) is 72.8 Å². The van der Waals surface area contributed by atoms with Crippen LogP contribution in [0.2, 0.25) is 10.0 Å². The minimum Gasteiger partial charge on any atom is -0.275 e. The summed E-state index contributed by atoms with van der Waals surface area (Å²) in [7, 11) is 0. The number of fused-ring (bicyclic) bond motifs is 2. The molecule has 0 amide bonds. The minimum atomic E-state index is 0.591. The Labute approximate surface area is 165 Å². The van der Waals surface area contributed by atoms with Crippen LogP contribution in [0.1, 0.15) is 0 Å². The monoisotopic (exact) mass is 390 g/mol. The number of hydrogen-bond donors (Lipinski definition) is 0. The van der Waals surface area contributed by atoms with Crippen LogP contribution in [-0.2, 0) is 0 Å². The number of halogens is 2. The zero-order valence-electron chi connectivity index (χ0n) is 14.0. The van der Waals surface area contributed by atoms with Gasteiger partial charge in [0.05, 0.1) is 11.0 Å². The van der Waals surface area contributed by atoms with Gasteiger partial charge in [0, 0.05) is 21.3 Å². The Balaban J connectivity index is 1.86. The standard InChI is InChI=1S/C21H12Cl2N4/c22-14-7-5-13(6-8-14)20-26-19-21(25-18-4-2-1-3-17(18)24-19)27(20)16-11-9-15(23)10-12-16/h1-12H. The lowest BCUT2D eigenvalue weighted by atomic mass is 10.2. The molecule has 0 aliphatic carbocycles. The van der Waals surface area contributed by atoms with Crippen molar-refractivity contribution in [1.82, 2.24) is 19.5 Å². The molecule has 0 bridgehead atoms. The molecule has 4 nitrogen and oxygen atoms in total. The van der Waals surface area contributed by atoms with Crippen molar-refractivity contribution < 1.29 is 0 Å². The molecule has 5 rings (SSSR count). The second-order valence-electron chi connectivity index (χ2n) is 6.11. The molecular weight excluding hydrogens is 379 g/mol. The van der Waals surface area contributed by atoms with E-state index in [1.165, 1.54) is 0 Å². The van der Waals surface area contributed by atoms with Crippen LogP contribution in [-0.4, -0.2) is 19.5 Å². The molecule has 0 unspecified atom stereocenters. The maximum atomic E-state index is 6.08. The fourth-order valence-electron chi connectivity index (χ4n) is 3.08. The first kappa shape index (κ1) is 16.2. The molecule has 0 saturated carbocycles. The molecule has 0 radical (unpaired) electrons. The van der Waals surface area contributed by atoms with E-state index in [2.05, 4.69) is 0 Å². The molecule has 0 aliphatic heterocycles. The number of benzene rings is 3. The lowest BCUT2D eigenvalue weighted by molar-refractivity contribution is 1.08. The molecule has 3 aromatic carbocycles. The Kier molecular flexibility index (Phi) is 3.81. The molecule has 0 N–H and O–H groups in total. The Hall–Kier alpha value is -2.95. The van der Waals surface area contributed by atoms with E-state index >= 15 is 0 Å². The first-order valence-corrected chi connectivity index (χ1v) is 9.12. The van der Waals surface area contributed by atoms with E-state index in [4.69, 9.17) is 38.2 Å². The van der Waals surface area contributed by atoms with Crippen molar-refractivity contribution >= 4 is 45.5 Å². The highest BCUT2D eigenvalue weighted by molar-refractivity contribution is 6.30. The number of imidazole rings is 1. The van der Waals surface area contributed by atoms with Gasteiger partial charge >= 0.3 is 0 Å². The first-order chi connectivity index (χ1) is 13.2. The predicted molar refractivity (Wildman–Crippen MR) is 110 cm³/mol. The Morgan fingerprint density at radius 1 is 0.630 bits per heavy atom. The highest BCUT2D eigenvalue weighted by Gasteiger charge is 2.17. The summed E-state index contributed by atoms with van der Waals surface area (Å²) in [5.41, 5.74) is 4.76. The molecule has 0 spiro atoms. The van der Waals surface area contributed by atoms with E-state index in [0.29, 0.717) is 21.3 Å². The van der Waals surface area contributed by atoms with E-state index in [1.54, 1.807) is 0 Å². The summed E-state index contributed by atoms with van der Waals surface area (Å²) in [6.07, 6.45) is 0. The van der Waals surface area contributed by atoms with Gasteiger partial charge in [-0.15, -0.1) is 0 Å². The smallest absolute Gasteiger partial charge is 0.199 e. The zero-order chi connectivity index (χ0) is 18.4. The minimum absolute atomic E-state index is 0.591. The number of para-hydroxylation sites is 2. The van der Waals surface area contributed by atoms with E-state index in [9.17, 15) is 0 Å². The molecular formula is C21H12Cl2N4. The molecule has 0 aliphatic rings. The van der Waals surface area contributed by atoms with E-state index < -0.39 is 0 Å². The highest BCUT2D eigenvalue weighted by Crippen LogP contribution is 2.29. The maximum absolute atomic E-state index is 6.08. The van der Waals surface area contributed by atoms with Gasteiger partial charge < -0.3 is 0 Å². The first-order valence-electron chi connectivity index (χ1n) is 8.36. The average Bonchev–Trinajstić information content (AvgIpc) is 3.05. The number of rotatable bonds is 2.